The lowest BCUT2D eigenvalue weighted by Gasteiger charge is -2.16. The van der Waals surface area contributed by atoms with E-state index >= 15 is 0 Å². The first kappa shape index (κ1) is 12.9. The van der Waals surface area contributed by atoms with Crippen LogP contribution in [0.4, 0.5) is 13.2 Å². The third-order valence-electron chi connectivity index (χ3n) is 3.09. The van der Waals surface area contributed by atoms with E-state index in [-0.39, 0.29) is 6.42 Å². The van der Waals surface area contributed by atoms with Crippen LogP contribution in [0.5, 0.6) is 0 Å². The summed E-state index contributed by atoms with van der Waals surface area (Å²) in [5, 5.41) is 11.7. The van der Waals surface area contributed by atoms with Crippen molar-refractivity contribution < 1.29 is 23.1 Å². The topological polar surface area (TPSA) is 49.3 Å². The quantitative estimate of drug-likeness (QED) is 0.812. The summed E-state index contributed by atoms with van der Waals surface area (Å²) >= 11 is 0. The van der Waals surface area contributed by atoms with E-state index in [0.717, 1.165) is 5.56 Å². The van der Waals surface area contributed by atoms with Crippen LogP contribution >= 0.6 is 0 Å². The molecule has 1 aliphatic rings. The molecule has 1 amide bonds. The fourth-order valence-electron chi connectivity index (χ4n) is 2.31. The predicted molar refractivity (Wildman–Crippen MR) is 57.7 cm³/mol. The summed E-state index contributed by atoms with van der Waals surface area (Å²) in [5.74, 6) is -1.98. The summed E-state index contributed by atoms with van der Waals surface area (Å²) in [6.07, 6.45) is -5.67. The molecule has 0 aromatic heterocycles. The van der Waals surface area contributed by atoms with E-state index in [1.54, 1.807) is 25.1 Å². The molecule has 3 nitrogen and oxygen atoms in total. The van der Waals surface area contributed by atoms with Crippen LogP contribution in [-0.4, -0.2) is 17.2 Å². The Balaban J connectivity index is 2.27. The first-order valence-corrected chi connectivity index (χ1v) is 5.46. The smallest absolute Gasteiger partial charge is 0.388 e. The molecule has 0 fully saturated rings. The number of benzene rings is 1. The minimum absolute atomic E-state index is 0.0714. The molecule has 1 aromatic carbocycles. The number of aliphatic hydroxyl groups is 1. The molecule has 98 valence electrons. The molecular formula is C12H12F3NO2. The van der Waals surface area contributed by atoms with E-state index in [1.807, 2.05) is 5.32 Å². The van der Waals surface area contributed by atoms with Crippen LogP contribution in [-0.2, 0) is 4.79 Å². The molecule has 18 heavy (non-hydrogen) atoms. The molecule has 2 N–H and O–H groups in total. The Bertz CT molecular complexity index is 485. The zero-order valence-electron chi connectivity index (χ0n) is 9.58. The minimum Gasteiger partial charge on any atom is -0.388 e. The zero-order chi connectivity index (χ0) is 13.5. The monoisotopic (exact) mass is 259 g/mol. The highest BCUT2D eigenvalue weighted by atomic mass is 19.4. The van der Waals surface area contributed by atoms with Crippen molar-refractivity contribution in [3.05, 3.63) is 34.9 Å². The number of halogens is 3. The summed E-state index contributed by atoms with van der Waals surface area (Å²) in [4.78, 5) is 10.9. The average molecular weight is 259 g/mol. The number of nitrogens with one attached hydrogen (secondary N) is 1. The second-order valence-corrected chi connectivity index (χ2v) is 4.35. The predicted octanol–water partition coefficient (Wildman–Crippen LogP) is 2.15. The Morgan fingerprint density at radius 3 is 2.72 bits per heavy atom. The molecule has 0 heterocycles. The number of aryl methyl sites for hydroxylation is 1. The third kappa shape index (κ3) is 2.20. The van der Waals surface area contributed by atoms with E-state index in [0.29, 0.717) is 11.1 Å². The van der Waals surface area contributed by atoms with Crippen molar-refractivity contribution in [2.24, 2.45) is 0 Å². The Morgan fingerprint density at radius 2 is 2.11 bits per heavy atom. The third-order valence-corrected chi connectivity index (χ3v) is 3.09. The van der Waals surface area contributed by atoms with Crippen LogP contribution < -0.4 is 5.32 Å². The minimum atomic E-state index is -4.91. The molecule has 0 saturated heterocycles. The van der Waals surface area contributed by atoms with Crippen LogP contribution in [0.1, 0.15) is 35.3 Å². The highest BCUT2D eigenvalue weighted by molar-refractivity contribution is 5.82. The number of rotatable bonds is 1. The van der Waals surface area contributed by atoms with Gasteiger partial charge in [-0.3, -0.25) is 4.79 Å². The standard InChI is InChI=1S/C12H12F3NO2/c1-6-3-2-4-7-9(17)5-8(10(6)7)16-11(18)12(13,14)15/h2-4,8-9,17H,5H2,1H3,(H,16,18)/t8-,9-/m1/s1. The maximum absolute atomic E-state index is 12.2. The molecular weight excluding hydrogens is 247 g/mol. The van der Waals surface area contributed by atoms with Crippen LogP contribution in [0.3, 0.4) is 0 Å². The van der Waals surface area contributed by atoms with Gasteiger partial charge in [0.2, 0.25) is 0 Å². The number of alkyl halides is 3. The number of fused-ring (bicyclic) bond motifs is 1. The second-order valence-electron chi connectivity index (χ2n) is 4.35. The Hall–Kier alpha value is -1.56. The van der Waals surface area contributed by atoms with E-state index < -0.39 is 24.2 Å². The summed E-state index contributed by atoms with van der Waals surface area (Å²) in [7, 11) is 0. The van der Waals surface area contributed by atoms with Crippen molar-refractivity contribution in [3.8, 4) is 0 Å². The maximum Gasteiger partial charge on any atom is 0.471 e. The van der Waals surface area contributed by atoms with Gasteiger partial charge in [-0.25, -0.2) is 0 Å². The molecule has 0 saturated carbocycles. The van der Waals surface area contributed by atoms with Gasteiger partial charge in [0.05, 0.1) is 12.1 Å². The van der Waals surface area contributed by atoms with Gasteiger partial charge in [-0.05, 0) is 23.6 Å². The number of carbonyl (C=O) groups excluding carboxylic acids is 1. The Labute approximate surface area is 102 Å². The fraction of sp³-hybridized carbons (Fsp3) is 0.417. The van der Waals surface area contributed by atoms with Gasteiger partial charge in [-0.2, -0.15) is 13.2 Å². The summed E-state index contributed by atoms with van der Waals surface area (Å²) in [5.41, 5.74) is 1.93. The maximum atomic E-state index is 12.2. The Kier molecular flexibility index (Phi) is 3.06. The van der Waals surface area contributed by atoms with Gasteiger partial charge in [-0.1, -0.05) is 18.2 Å². The lowest BCUT2D eigenvalue weighted by atomic mass is 10.0. The fourth-order valence-corrected chi connectivity index (χ4v) is 2.31. The zero-order valence-corrected chi connectivity index (χ0v) is 9.58. The molecule has 0 spiro atoms. The van der Waals surface area contributed by atoms with Crippen molar-refractivity contribution >= 4 is 5.91 Å². The van der Waals surface area contributed by atoms with Gasteiger partial charge in [0, 0.05) is 6.42 Å². The summed E-state index contributed by atoms with van der Waals surface area (Å²) in [6, 6.07) is 4.34. The van der Waals surface area contributed by atoms with E-state index in [2.05, 4.69) is 0 Å². The van der Waals surface area contributed by atoms with Crippen LogP contribution in [0.15, 0.2) is 18.2 Å². The molecule has 0 unspecified atom stereocenters. The van der Waals surface area contributed by atoms with Crippen molar-refractivity contribution in [2.75, 3.05) is 0 Å². The first-order chi connectivity index (χ1) is 8.30. The molecule has 2 atom stereocenters. The summed E-state index contributed by atoms with van der Waals surface area (Å²) < 4.78 is 36.6. The van der Waals surface area contributed by atoms with Crippen molar-refractivity contribution in [2.45, 2.75) is 31.7 Å². The highest BCUT2D eigenvalue weighted by Gasteiger charge is 2.42. The van der Waals surface area contributed by atoms with Crippen LogP contribution in [0.25, 0.3) is 0 Å². The molecule has 0 bridgehead atoms. The molecule has 6 heteroatoms. The van der Waals surface area contributed by atoms with Crippen LogP contribution in [0, 0.1) is 6.92 Å². The lowest BCUT2D eigenvalue weighted by Crippen LogP contribution is -2.38. The first-order valence-electron chi connectivity index (χ1n) is 5.46. The highest BCUT2D eigenvalue weighted by Crippen LogP contribution is 2.40. The number of aliphatic hydroxyl groups excluding tert-OH is 1. The number of amides is 1. The van der Waals surface area contributed by atoms with Crippen LogP contribution in [0.2, 0.25) is 0 Å². The number of hydrogen-bond acceptors (Lipinski definition) is 2. The van der Waals surface area contributed by atoms with Crippen molar-refractivity contribution in [3.63, 3.8) is 0 Å². The molecule has 0 radical (unpaired) electrons. The lowest BCUT2D eigenvalue weighted by molar-refractivity contribution is -0.174. The van der Waals surface area contributed by atoms with Gasteiger partial charge in [0.1, 0.15) is 0 Å². The van der Waals surface area contributed by atoms with Gasteiger partial charge < -0.3 is 10.4 Å². The van der Waals surface area contributed by atoms with Gasteiger partial charge in [0.15, 0.2) is 0 Å². The van der Waals surface area contributed by atoms with Gasteiger partial charge in [0.25, 0.3) is 0 Å². The van der Waals surface area contributed by atoms with Gasteiger partial charge >= 0.3 is 12.1 Å². The van der Waals surface area contributed by atoms with Gasteiger partial charge in [-0.15, -0.1) is 0 Å². The molecule has 2 rings (SSSR count). The van der Waals surface area contributed by atoms with Crippen molar-refractivity contribution in [1.29, 1.82) is 0 Å². The van der Waals surface area contributed by atoms with E-state index in [1.165, 1.54) is 0 Å². The van der Waals surface area contributed by atoms with E-state index in [9.17, 15) is 23.1 Å². The average Bonchev–Trinajstić information content (AvgIpc) is 2.56. The SMILES string of the molecule is Cc1cccc2c1[C@H](NC(=O)C(F)(F)F)C[C@H]2O. The number of carbonyl (C=O) groups is 1. The summed E-state index contributed by atoms with van der Waals surface area (Å²) in [6.45, 7) is 1.74. The second kappa shape index (κ2) is 4.28. The molecule has 0 aliphatic heterocycles. The normalized spacial score (nSPS) is 22.7. The molecule has 1 aromatic rings. The van der Waals surface area contributed by atoms with Crippen molar-refractivity contribution in [1.82, 2.24) is 5.32 Å². The Morgan fingerprint density at radius 1 is 1.44 bits per heavy atom. The molecule has 1 aliphatic carbocycles. The number of hydrogen-bond donors (Lipinski definition) is 2. The van der Waals surface area contributed by atoms with E-state index in [4.69, 9.17) is 0 Å². The largest absolute Gasteiger partial charge is 0.471 e.